The van der Waals surface area contributed by atoms with Gasteiger partial charge >= 0.3 is 6.36 Å². The summed E-state index contributed by atoms with van der Waals surface area (Å²) in [4.78, 5) is 39.6. The fraction of sp³-hybridized carbons (Fsp3) is 0.423. The molecular weight excluding hydrogens is 545 g/mol. The molecule has 2 aromatic heterocycles. The number of anilines is 1. The quantitative estimate of drug-likeness (QED) is 0.256. The van der Waals surface area contributed by atoms with Gasteiger partial charge in [0.2, 0.25) is 11.8 Å². The smallest absolute Gasteiger partial charge is 0.406 e. The number of piperazine rings is 1. The fourth-order valence-electron chi connectivity index (χ4n) is 4.22. The number of amides is 2. The van der Waals surface area contributed by atoms with Gasteiger partial charge in [-0.05, 0) is 49.1 Å². The zero-order chi connectivity index (χ0) is 29.4. The lowest BCUT2D eigenvalue weighted by Crippen LogP contribution is -2.51. The van der Waals surface area contributed by atoms with Crippen molar-refractivity contribution in [3.63, 3.8) is 0 Å². The molecule has 15 heteroatoms. The lowest BCUT2D eigenvalue weighted by Gasteiger charge is -2.33. The first-order valence-electron chi connectivity index (χ1n) is 12.9. The zero-order valence-corrected chi connectivity index (χ0v) is 22.3. The third kappa shape index (κ3) is 9.34. The molecule has 41 heavy (non-hydrogen) atoms. The van der Waals surface area contributed by atoms with Crippen LogP contribution in [0.3, 0.4) is 0 Å². The van der Waals surface area contributed by atoms with Gasteiger partial charge in [-0.2, -0.15) is 5.10 Å². The number of Topliss-reactive ketones (excluding diaryl/α,β-unsaturated/α-hetero) is 1. The summed E-state index contributed by atoms with van der Waals surface area (Å²) in [6, 6.07) is 9.03. The Balaban J connectivity index is 1.16. The molecule has 0 radical (unpaired) electrons. The number of nitrogens with zero attached hydrogens (tertiary/aromatic N) is 7. The van der Waals surface area contributed by atoms with Gasteiger partial charge in [0.05, 0.1) is 25.0 Å². The van der Waals surface area contributed by atoms with E-state index < -0.39 is 12.3 Å². The molecular formula is C26H29F3N8O4. The van der Waals surface area contributed by atoms with Crippen molar-refractivity contribution in [2.24, 2.45) is 0 Å². The molecule has 4 rings (SSSR count). The van der Waals surface area contributed by atoms with E-state index in [2.05, 4.69) is 30.6 Å². The molecule has 0 bridgehead atoms. The Morgan fingerprint density at radius 1 is 1.07 bits per heavy atom. The normalized spacial score (nSPS) is 14.2. The minimum Gasteiger partial charge on any atom is -0.406 e. The van der Waals surface area contributed by atoms with Crippen molar-refractivity contribution < 1.29 is 32.3 Å². The number of aromatic nitrogens is 5. The maximum absolute atomic E-state index is 12.6. The highest BCUT2D eigenvalue weighted by Crippen LogP contribution is 2.24. The molecule has 0 spiro atoms. The number of hydrogen-bond acceptors (Lipinski definition) is 9. The van der Waals surface area contributed by atoms with Crippen LogP contribution < -0.4 is 10.1 Å². The van der Waals surface area contributed by atoms with Gasteiger partial charge in [-0.25, -0.2) is 0 Å². The van der Waals surface area contributed by atoms with Crippen LogP contribution in [0.15, 0.2) is 42.6 Å². The highest BCUT2D eigenvalue weighted by molar-refractivity contribution is 5.94. The molecule has 2 amide bonds. The van der Waals surface area contributed by atoms with E-state index in [4.69, 9.17) is 0 Å². The van der Waals surface area contributed by atoms with Crippen LogP contribution in [-0.2, 0) is 29.1 Å². The number of carbonyl (C=O) groups is 3. The predicted octanol–water partition coefficient (Wildman–Crippen LogP) is 2.48. The van der Waals surface area contributed by atoms with Crippen molar-refractivity contribution >= 4 is 23.4 Å². The predicted molar refractivity (Wildman–Crippen MR) is 139 cm³/mol. The maximum Gasteiger partial charge on any atom is 0.573 e. The van der Waals surface area contributed by atoms with Crippen LogP contribution in [0.4, 0.5) is 19.0 Å². The summed E-state index contributed by atoms with van der Waals surface area (Å²) in [7, 11) is 0. The summed E-state index contributed by atoms with van der Waals surface area (Å²) in [5.41, 5.74) is 1.67. The molecule has 3 heterocycles. The first-order valence-corrected chi connectivity index (χ1v) is 12.9. The van der Waals surface area contributed by atoms with E-state index in [0.717, 1.165) is 18.5 Å². The number of benzene rings is 1. The largest absolute Gasteiger partial charge is 0.573 e. The second-order valence-electron chi connectivity index (χ2n) is 9.56. The van der Waals surface area contributed by atoms with E-state index in [1.165, 1.54) is 30.0 Å². The van der Waals surface area contributed by atoms with Crippen molar-refractivity contribution in [3.8, 4) is 5.75 Å². The number of ketones is 1. The van der Waals surface area contributed by atoms with Gasteiger partial charge in [-0.15, -0.1) is 23.4 Å². The number of aryl methyl sites for hydroxylation is 2. The van der Waals surface area contributed by atoms with E-state index in [1.807, 2.05) is 0 Å². The van der Waals surface area contributed by atoms with Crippen LogP contribution in [0.25, 0.3) is 0 Å². The van der Waals surface area contributed by atoms with Crippen LogP contribution in [0.5, 0.6) is 5.75 Å². The van der Waals surface area contributed by atoms with Crippen molar-refractivity contribution in [3.05, 3.63) is 59.5 Å². The van der Waals surface area contributed by atoms with E-state index in [9.17, 15) is 27.6 Å². The minimum atomic E-state index is -4.78. The monoisotopic (exact) mass is 574 g/mol. The molecule has 1 aliphatic heterocycles. The number of carbonyl (C=O) groups excluding carboxylic acids is 3. The van der Waals surface area contributed by atoms with Crippen LogP contribution in [0.2, 0.25) is 0 Å². The van der Waals surface area contributed by atoms with Crippen molar-refractivity contribution in [1.29, 1.82) is 0 Å². The average Bonchev–Trinajstić information content (AvgIpc) is 3.38. The number of unbranched alkanes of at least 4 members (excludes halogenated alkanes) is 1. The summed E-state index contributed by atoms with van der Waals surface area (Å²) in [5, 5.41) is 18.5. The number of hydrogen-bond donors (Lipinski definition) is 1. The summed E-state index contributed by atoms with van der Waals surface area (Å²) >= 11 is 0. The van der Waals surface area contributed by atoms with E-state index >= 15 is 0 Å². The Morgan fingerprint density at radius 2 is 1.90 bits per heavy atom. The highest BCUT2D eigenvalue weighted by Gasteiger charge is 2.31. The minimum absolute atomic E-state index is 0.0287. The van der Waals surface area contributed by atoms with E-state index in [0.29, 0.717) is 37.3 Å². The summed E-state index contributed by atoms with van der Waals surface area (Å²) in [6.07, 6.45) is -0.864. The molecule has 1 aromatic carbocycles. The first kappa shape index (κ1) is 29.6. The van der Waals surface area contributed by atoms with Gasteiger partial charge in [-0.1, -0.05) is 17.3 Å². The molecule has 0 aliphatic carbocycles. The number of alkyl halides is 3. The molecule has 1 fully saturated rings. The standard InChI is InChI=1S/C26H29F3N8O4/c1-18(38)22-15-37(34-32-22)10-3-2-6-20-8-9-23(33-31-20)30-24(39)16-36-12-11-35(17-25(36)40)14-19-5-4-7-21(13-19)41-26(27,28)29/h4-5,7-9,13,15H,2-3,6,10-12,14,16-17H2,1H3,(H,30,33,39). The lowest BCUT2D eigenvalue weighted by molar-refractivity contribution is -0.274. The number of ether oxygens (including phenoxy) is 1. The number of halogens is 3. The Morgan fingerprint density at radius 3 is 2.59 bits per heavy atom. The molecule has 0 unspecified atom stereocenters. The number of nitrogens with one attached hydrogen (secondary N) is 1. The SMILES string of the molecule is CC(=O)c1cn(CCCCc2ccc(NC(=O)CN3CCN(Cc4cccc(OC(F)(F)F)c4)CC3=O)nn2)nn1. The van der Waals surface area contributed by atoms with Crippen LogP contribution >= 0.6 is 0 Å². The van der Waals surface area contributed by atoms with Gasteiger partial charge in [0.25, 0.3) is 0 Å². The number of rotatable bonds is 12. The van der Waals surface area contributed by atoms with Crippen LogP contribution in [0, 0.1) is 0 Å². The molecule has 0 saturated carbocycles. The fourth-order valence-corrected chi connectivity index (χ4v) is 4.22. The lowest BCUT2D eigenvalue weighted by atomic mass is 10.2. The van der Waals surface area contributed by atoms with Gasteiger partial charge in [-0.3, -0.25) is 24.0 Å². The van der Waals surface area contributed by atoms with Crippen molar-refractivity contribution in [1.82, 2.24) is 35.0 Å². The zero-order valence-electron chi connectivity index (χ0n) is 22.3. The summed E-state index contributed by atoms with van der Waals surface area (Å²) < 4.78 is 43.0. The van der Waals surface area contributed by atoms with Gasteiger partial charge in [0.1, 0.15) is 11.4 Å². The van der Waals surface area contributed by atoms with Crippen LogP contribution in [-0.4, -0.2) is 85.1 Å². The van der Waals surface area contributed by atoms with Gasteiger partial charge < -0.3 is 15.0 Å². The highest BCUT2D eigenvalue weighted by atomic mass is 19.4. The second kappa shape index (κ2) is 13.3. The Hall–Kier alpha value is -4.40. The third-order valence-electron chi connectivity index (χ3n) is 6.23. The molecule has 1 N–H and O–H groups in total. The van der Waals surface area contributed by atoms with E-state index in [1.54, 1.807) is 34.0 Å². The first-order chi connectivity index (χ1) is 19.5. The Kier molecular flexibility index (Phi) is 9.60. The molecule has 1 saturated heterocycles. The van der Waals surface area contributed by atoms with Crippen molar-refractivity contribution in [2.75, 3.05) is 31.5 Å². The molecule has 1 aliphatic rings. The molecule has 218 valence electrons. The molecule has 12 nitrogen and oxygen atoms in total. The third-order valence-corrected chi connectivity index (χ3v) is 6.23. The van der Waals surface area contributed by atoms with Gasteiger partial charge in [0.15, 0.2) is 11.6 Å². The van der Waals surface area contributed by atoms with Gasteiger partial charge in [0, 0.05) is 33.1 Å². The Bertz CT molecular complexity index is 1360. The summed E-state index contributed by atoms with van der Waals surface area (Å²) in [5.74, 6) is -0.858. The second-order valence-corrected chi connectivity index (χ2v) is 9.56. The van der Waals surface area contributed by atoms with Crippen molar-refractivity contribution in [2.45, 2.75) is 45.6 Å². The topological polar surface area (TPSA) is 135 Å². The summed E-state index contributed by atoms with van der Waals surface area (Å²) in [6.45, 7) is 2.95. The molecule has 0 atom stereocenters. The maximum atomic E-state index is 12.6. The average molecular weight is 575 g/mol. The van der Waals surface area contributed by atoms with E-state index in [-0.39, 0.29) is 42.9 Å². The Labute approximate surface area is 233 Å². The molecule has 3 aromatic rings. The van der Waals surface area contributed by atoms with Crippen LogP contribution in [0.1, 0.15) is 41.5 Å².